The molecule has 9 heteroatoms. The van der Waals surface area contributed by atoms with Gasteiger partial charge in [-0.25, -0.2) is 0 Å². The topological polar surface area (TPSA) is 66.0 Å². The van der Waals surface area contributed by atoms with E-state index in [0.717, 1.165) is 23.8 Å². The lowest BCUT2D eigenvalue weighted by Crippen LogP contribution is -2.21. The Kier molecular flexibility index (Phi) is 8.75. The van der Waals surface area contributed by atoms with Crippen molar-refractivity contribution < 1.29 is 36.9 Å². The van der Waals surface area contributed by atoms with Crippen LogP contribution in [0.2, 0.25) is 0 Å². The molecule has 1 N–H and O–H groups in total. The lowest BCUT2D eigenvalue weighted by molar-refractivity contribution is -0.137. The SMILES string of the molecule is C/C=C/c1ccc(OCC(=O)Nc2cc(C(F)(F)F)ccc2OCCOC)c(OC)c1. The van der Waals surface area contributed by atoms with Crippen LogP contribution in [-0.4, -0.2) is 39.9 Å². The minimum absolute atomic E-state index is 0.0895. The third kappa shape index (κ3) is 7.21. The molecule has 168 valence electrons. The number of nitrogens with one attached hydrogen (secondary N) is 1. The lowest BCUT2D eigenvalue weighted by atomic mass is 10.1. The molecule has 0 spiro atoms. The Hall–Kier alpha value is -3.20. The molecule has 1 amide bonds. The van der Waals surface area contributed by atoms with Crippen molar-refractivity contribution >= 4 is 17.7 Å². The summed E-state index contributed by atoms with van der Waals surface area (Å²) in [7, 11) is 2.93. The Morgan fingerprint density at radius 2 is 1.74 bits per heavy atom. The van der Waals surface area contributed by atoms with Gasteiger partial charge in [-0.15, -0.1) is 0 Å². The predicted octanol–water partition coefficient (Wildman–Crippen LogP) is 4.79. The summed E-state index contributed by atoms with van der Waals surface area (Å²) in [6.07, 6.45) is -0.828. The molecular formula is C22H24F3NO5. The average molecular weight is 439 g/mol. The summed E-state index contributed by atoms with van der Waals surface area (Å²) in [6.45, 7) is 1.78. The van der Waals surface area contributed by atoms with Gasteiger partial charge in [-0.3, -0.25) is 4.79 Å². The largest absolute Gasteiger partial charge is 0.493 e. The second kappa shape index (κ2) is 11.3. The van der Waals surface area contributed by atoms with E-state index < -0.39 is 24.3 Å². The van der Waals surface area contributed by atoms with Gasteiger partial charge in [0, 0.05) is 7.11 Å². The van der Waals surface area contributed by atoms with Crippen LogP contribution >= 0.6 is 0 Å². The van der Waals surface area contributed by atoms with E-state index in [1.54, 1.807) is 18.2 Å². The molecule has 0 aliphatic rings. The van der Waals surface area contributed by atoms with Crippen LogP contribution in [0.5, 0.6) is 17.2 Å². The Morgan fingerprint density at radius 1 is 1.00 bits per heavy atom. The zero-order valence-electron chi connectivity index (χ0n) is 17.4. The van der Waals surface area contributed by atoms with Crippen LogP contribution in [0.1, 0.15) is 18.1 Å². The number of hydrogen-bond donors (Lipinski definition) is 1. The van der Waals surface area contributed by atoms with Gasteiger partial charge in [0.15, 0.2) is 18.1 Å². The molecule has 2 rings (SSSR count). The number of hydrogen-bond acceptors (Lipinski definition) is 5. The molecule has 0 unspecified atom stereocenters. The normalized spacial score (nSPS) is 11.4. The number of ether oxygens (including phenoxy) is 4. The van der Waals surface area contributed by atoms with Gasteiger partial charge in [-0.2, -0.15) is 13.2 Å². The molecule has 0 heterocycles. The maximum Gasteiger partial charge on any atom is 0.416 e. The van der Waals surface area contributed by atoms with E-state index in [1.165, 1.54) is 14.2 Å². The summed E-state index contributed by atoms with van der Waals surface area (Å²) in [5, 5.41) is 2.41. The minimum atomic E-state index is -4.57. The molecule has 6 nitrogen and oxygen atoms in total. The number of alkyl halides is 3. The van der Waals surface area contributed by atoms with Gasteiger partial charge in [0.2, 0.25) is 0 Å². The predicted molar refractivity (Wildman–Crippen MR) is 111 cm³/mol. The Labute approximate surface area is 178 Å². The summed E-state index contributed by atoms with van der Waals surface area (Å²) in [4.78, 5) is 12.3. The molecule has 0 aliphatic heterocycles. The van der Waals surface area contributed by atoms with Crippen LogP contribution in [-0.2, 0) is 15.7 Å². The van der Waals surface area contributed by atoms with Crippen LogP contribution in [0.3, 0.4) is 0 Å². The first-order valence-corrected chi connectivity index (χ1v) is 9.34. The third-order valence-corrected chi connectivity index (χ3v) is 4.03. The van der Waals surface area contributed by atoms with Crippen molar-refractivity contribution in [3.63, 3.8) is 0 Å². The first-order chi connectivity index (χ1) is 14.8. The summed E-state index contributed by atoms with van der Waals surface area (Å²) in [5.74, 6) is 0.180. The number of anilines is 1. The third-order valence-electron chi connectivity index (χ3n) is 4.03. The highest BCUT2D eigenvalue weighted by Crippen LogP contribution is 2.35. The van der Waals surface area contributed by atoms with Crippen molar-refractivity contribution in [1.82, 2.24) is 0 Å². The van der Waals surface area contributed by atoms with E-state index >= 15 is 0 Å². The maximum atomic E-state index is 13.1. The first kappa shape index (κ1) is 24.1. The van der Waals surface area contributed by atoms with Crippen molar-refractivity contribution in [2.24, 2.45) is 0 Å². The number of carbonyl (C=O) groups excluding carboxylic acids is 1. The molecule has 0 saturated heterocycles. The van der Waals surface area contributed by atoms with Crippen LogP contribution in [0.15, 0.2) is 42.5 Å². The Morgan fingerprint density at radius 3 is 2.39 bits per heavy atom. The highest BCUT2D eigenvalue weighted by molar-refractivity contribution is 5.93. The van der Waals surface area contributed by atoms with E-state index in [2.05, 4.69) is 5.32 Å². The van der Waals surface area contributed by atoms with Gasteiger partial charge in [0.05, 0.1) is 25.0 Å². The summed E-state index contributed by atoms with van der Waals surface area (Å²) >= 11 is 0. The second-order valence-corrected chi connectivity index (χ2v) is 6.30. The quantitative estimate of drug-likeness (QED) is 0.540. The molecule has 0 saturated carbocycles. The molecule has 0 radical (unpaired) electrons. The molecule has 2 aromatic carbocycles. The van der Waals surface area contributed by atoms with Gasteiger partial charge in [-0.05, 0) is 42.8 Å². The number of halogens is 3. The lowest BCUT2D eigenvalue weighted by Gasteiger charge is -2.16. The zero-order chi connectivity index (χ0) is 22.9. The molecule has 0 bridgehead atoms. The fraction of sp³-hybridized carbons (Fsp3) is 0.318. The first-order valence-electron chi connectivity index (χ1n) is 9.34. The fourth-order valence-electron chi connectivity index (χ4n) is 2.59. The molecule has 0 aliphatic carbocycles. The molecule has 0 atom stereocenters. The molecule has 0 aromatic heterocycles. The highest BCUT2D eigenvalue weighted by atomic mass is 19.4. The summed E-state index contributed by atoms with van der Waals surface area (Å²) < 4.78 is 60.2. The number of amides is 1. The highest BCUT2D eigenvalue weighted by Gasteiger charge is 2.31. The van der Waals surface area contributed by atoms with Gasteiger partial charge in [0.1, 0.15) is 12.4 Å². The standard InChI is InChI=1S/C22H24F3NO5/c1-4-5-15-6-8-19(20(12-15)29-3)31-14-21(27)26-17-13-16(22(23,24)25)7-9-18(17)30-11-10-28-2/h4-9,12-13H,10-11,14H2,1-3H3,(H,26,27)/b5-4+. The number of allylic oxidation sites excluding steroid dienone is 1. The van der Waals surface area contributed by atoms with E-state index in [4.69, 9.17) is 18.9 Å². The van der Waals surface area contributed by atoms with E-state index in [0.29, 0.717) is 11.5 Å². The molecule has 0 fully saturated rings. The van der Waals surface area contributed by atoms with Crippen molar-refractivity contribution in [2.45, 2.75) is 13.1 Å². The van der Waals surface area contributed by atoms with E-state index in [-0.39, 0.29) is 24.7 Å². The zero-order valence-corrected chi connectivity index (χ0v) is 17.4. The number of benzene rings is 2. The Balaban J connectivity index is 2.13. The van der Waals surface area contributed by atoms with Gasteiger partial charge in [0.25, 0.3) is 5.91 Å². The van der Waals surface area contributed by atoms with Crippen molar-refractivity contribution in [1.29, 1.82) is 0 Å². The van der Waals surface area contributed by atoms with Crippen LogP contribution in [0.4, 0.5) is 18.9 Å². The monoisotopic (exact) mass is 439 g/mol. The molecule has 2 aromatic rings. The van der Waals surface area contributed by atoms with Crippen LogP contribution in [0.25, 0.3) is 6.08 Å². The molecular weight excluding hydrogens is 415 g/mol. The number of methoxy groups -OCH3 is 2. The summed E-state index contributed by atoms with van der Waals surface area (Å²) in [5.41, 5.74) is -0.142. The molecule has 31 heavy (non-hydrogen) atoms. The average Bonchev–Trinajstić information content (AvgIpc) is 2.73. The van der Waals surface area contributed by atoms with Crippen LogP contribution < -0.4 is 19.5 Å². The van der Waals surface area contributed by atoms with Gasteiger partial charge < -0.3 is 24.3 Å². The van der Waals surface area contributed by atoms with Crippen molar-refractivity contribution in [2.75, 3.05) is 39.4 Å². The fourth-order valence-corrected chi connectivity index (χ4v) is 2.59. The summed E-state index contributed by atoms with van der Waals surface area (Å²) in [6, 6.07) is 8.01. The Bertz CT molecular complexity index is 913. The van der Waals surface area contributed by atoms with Crippen LogP contribution in [0, 0.1) is 0 Å². The van der Waals surface area contributed by atoms with E-state index in [1.807, 2.05) is 19.1 Å². The number of rotatable bonds is 10. The minimum Gasteiger partial charge on any atom is -0.493 e. The van der Waals surface area contributed by atoms with E-state index in [9.17, 15) is 18.0 Å². The smallest absolute Gasteiger partial charge is 0.416 e. The van der Waals surface area contributed by atoms with Crippen molar-refractivity contribution in [3.05, 3.63) is 53.6 Å². The van der Waals surface area contributed by atoms with Crippen molar-refractivity contribution in [3.8, 4) is 17.2 Å². The van der Waals surface area contributed by atoms with Gasteiger partial charge in [-0.1, -0.05) is 18.2 Å². The van der Waals surface area contributed by atoms with Gasteiger partial charge >= 0.3 is 6.18 Å². The second-order valence-electron chi connectivity index (χ2n) is 6.30. The number of carbonyl (C=O) groups is 1. The maximum absolute atomic E-state index is 13.1.